The highest BCUT2D eigenvalue weighted by molar-refractivity contribution is 5.84. The summed E-state index contributed by atoms with van der Waals surface area (Å²) in [5.41, 5.74) is -1.26. The molecular weight excluding hydrogens is 255 g/mol. The molecule has 0 aliphatic carbocycles. The Morgan fingerprint density at radius 1 is 1.16 bits per heavy atom. The first-order valence-electron chi connectivity index (χ1n) is 5.94. The van der Waals surface area contributed by atoms with E-state index in [1.165, 1.54) is 23.7 Å². The molecule has 5 heteroatoms. The van der Waals surface area contributed by atoms with Gasteiger partial charge in [-0.25, -0.2) is 0 Å². The van der Waals surface area contributed by atoms with E-state index < -0.39 is 23.2 Å². The molecule has 0 bridgehead atoms. The maximum absolute atomic E-state index is 13.3. The monoisotopic (exact) mass is 269 g/mol. The lowest BCUT2D eigenvalue weighted by Crippen LogP contribution is -2.27. The van der Waals surface area contributed by atoms with Gasteiger partial charge in [0, 0.05) is 18.0 Å². The summed E-state index contributed by atoms with van der Waals surface area (Å²) in [6, 6.07) is 6.10. The van der Waals surface area contributed by atoms with Crippen LogP contribution in [0.4, 0.5) is 13.2 Å². The number of aromatic nitrogens is 1. The van der Waals surface area contributed by atoms with Crippen LogP contribution in [0, 0.1) is 0 Å². The van der Waals surface area contributed by atoms with Gasteiger partial charge in [-0.15, -0.1) is 0 Å². The number of halogens is 3. The van der Waals surface area contributed by atoms with Crippen molar-refractivity contribution in [3.05, 3.63) is 45.7 Å². The fraction of sp³-hybridized carbons (Fsp3) is 0.357. The second-order valence-corrected chi connectivity index (χ2v) is 4.82. The summed E-state index contributed by atoms with van der Waals surface area (Å²) in [5.74, 6) is -0.486. The summed E-state index contributed by atoms with van der Waals surface area (Å²) in [6.07, 6.45) is -4.54. The van der Waals surface area contributed by atoms with E-state index in [-0.39, 0.29) is 10.9 Å². The molecule has 0 radical (unpaired) electrons. The Morgan fingerprint density at radius 3 is 2.26 bits per heavy atom. The third-order valence-corrected chi connectivity index (χ3v) is 3.20. The Kier molecular flexibility index (Phi) is 3.16. The van der Waals surface area contributed by atoms with Crippen LogP contribution in [-0.4, -0.2) is 4.57 Å². The minimum absolute atomic E-state index is 0.0702. The SMILES string of the molecule is CC(C)c1c(C(F)(F)F)c2ccccc2n(C)c1=O. The van der Waals surface area contributed by atoms with Crippen molar-refractivity contribution in [1.29, 1.82) is 0 Å². The van der Waals surface area contributed by atoms with Crippen LogP contribution in [0.1, 0.15) is 30.9 Å². The maximum Gasteiger partial charge on any atom is 0.417 e. The normalized spacial score (nSPS) is 12.4. The molecule has 0 spiro atoms. The van der Waals surface area contributed by atoms with Gasteiger partial charge in [-0.2, -0.15) is 13.2 Å². The number of pyridine rings is 1. The highest BCUT2D eigenvalue weighted by Gasteiger charge is 2.38. The van der Waals surface area contributed by atoms with Crippen molar-refractivity contribution in [2.75, 3.05) is 0 Å². The summed E-state index contributed by atoms with van der Waals surface area (Å²) in [5, 5.41) is 0.0702. The van der Waals surface area contributed by atoms with Crippen LogP contribution in [0.25, 0.3) is 10.9 Å². The van der Waals surface area contributed by atoms with Crippen LogP contribution in [0.5, 0.6) is 0 Å². The molecule has 102 valence electrons. The summed E-state index contributed by atoms with van der Waals surface area (Å²) >= 11 is 0. The molecule has 2 nitrogen and oxygen atoms in total. The summed E-state index contributed by atoms with van der Waals surface area (Å²) in [4.78, 5) is 12.2. The molecule has 1 heterocycles. The molecule has 2 rings (SSSR count). The maximum atomic E-state index is 13.3. The predicted molar refractivity (Wildman–Crippen MR) is 68.3 cm³/mol. The van der Waals surface area contributed by atoms with E-state index in [1.54, 1.807) is 26.0 Å². The minimum atomic E-state index is -4.54. The van der Waals surface area contributed by atoms with Gasteiger partial charge in [0.05, 0.1) is 11.1 Å². The van der Waals surface area contributed by atoms with Crippen LogP contribution in [0.15, 0.2) is 29.1 Å². The van der Waals surface area contributed by atoms with Crippen molar-refractivity contribution in [1.82, 2.24) is 4.57 Å². The lowest BCUT2D eigenvalue weighted by Gasteiger charge is -2.19. The lowest BCUT2D eigenvalue weighted by atomic mass is 9.94. The first-order chi connectivity index (χ1) is 8.75. The molecule has 1 aromatic carbocycles. The molecule has 0 saturated heterocycles. The first-order valence-corrected chi connectivity index (χ1v) is 5.94. The topological polar surface area (TPSA) is 22.0 Å². The van der Waals surface area contributed by atoms with Crippen molar-refractivity contribution >= 4 is 10.9 Å². The van der Waals surface area contributed by atoms with Crippen molar-refractivity contribution in [3.63, 3.8) is 0 Å². The summed E-state index contributed by atoms with van der Waals surface area (Å²) < 4.78 is 41.2. The zero-order valence-corrected chi connectivity index (χ0v) is 10.9. The van der Waals surface area contributed by atoms with Crippen LogP contribution >= 0.6 is 0 Å². The fourth-order valence-electron chi connectivity index (χ4n) is 2.36. The highest BCUT2D eigenvalue weighted by Crippen LogP contribution is 2.38. The lowest BCUT2D eigenvalue weighted by molar-refractivity contribution is -0.137. The van der Waals surface area contributed by atoms with Crippen molar-refractivity contribution in [3.8, 4) is 0 Å². The van der Waals surface area contributed by atoms with Gasteiger partial charge in [0.1, 0.15) is 0 Å². The molecular formula is C14H14F3NO. The van der Waals surface area contributed by atoms with Gasteiger partial charge in [-0.05, 0) is 12.0 Å². The number of fused-ring (bicyclic) bond motifs is 1. The van der Waals surface area contributed by atoms with Gasteiger partial charge in [-0.1, -0.05) is 32.0 Å². The van der Waals surface area contributed by atoms with Gasteiger partial charge in [0.15, 0.2) is 0 Å². The number of hydrogen-bond acceptors (Lipinski definition) is 1. The minimum Gasteiger partial charge on any atom is -0.311 e. The fourth-order valence-corrected chi connectivity index (χ4v) is 2.36. The third-order valence-electron chi connectivity index (χ3n) is 3.20. The number of rotatable bonds is 1. The largest absolute Gasteiger partial charge is 0.417 e. The Hall–Kier alpha value is -1.78. The third kappa shape index (κ3) is 2.13. The summed E-state index contributed by atoms with van der Waals surface area (Å²) in [7, 11) is 1.50. The zero-order chi connectivity index (χ0) is 14.4. The van der Waals surface area contributed by atoms with E-state index in [4.69, 9.17) is 0 Å². The number of hydrogen-bond donors (Lipinski definition) is 0. The standard InChI is InChI=1S/C14H14F3NO/c1-8(2)11-12(14(15,16)17)9-6-4-5-7-10(9)18(3)13(11)19/h4-8H,1-3H3. The Labute approximate surface area is 108 Å². The van der Waals surface area contributed by atoms with E-state index >= 15 is 0 Å². The smallest absolute Gasteiger partial charge is 0.311 e. The molecule has 0 N–H and O–H groups in total. The molecule has 0 saturated carbocycles. The predicted octanol–water partition coefficient (Wildman–Crippen LogP) is 3.68. The molecule has 0 aliphatic heterocycles. The van der Waals surface area contributed by atoms with E-state index in [9.17, 15) is 18.0 Å². The van der Waals surface area contributed by atoms with Gasteiger partial charge >= 0.3 is 6.18 Å². The molecule has 0 aliphatic rings. The van der Waals surface area contributed by atoms with Crippen LogP contribution < -0.4 is 5.56 Å². The number of aryl methyl sites for hydroxylation is 1. The van der Waals surface area contributed by atoms with Gasteiger partial charge in [-0.3, -0.25) is 4.79 Å². The van der Waals surface area contributed by atoms with Crippen molar-refractivity contribution in [2.45, 2.75) is 25.9 Å². The van der Waals surface area contributed by atoms with Gasteiger partial charge < -0.3 is 4.57 Å². The molecule has 2 aromatic rings. The second kappa shape index (κ2) is 4.40. The Morgan fingerprint density at radius 2 is 1.74 bits per heavy atom. The van der Waals surface area contributed by atoms with Crippen LogP contribution in [0.3, 0.4) is 0 Å². The van der Waals surface area contributed by atoms with E-state index in [0.717, 1.165) is 0 Å². The Bertz CT molecular complexity index is 683. The quantitative estimate of drug-likeness (QED) is 0.774. The number of para-hydroxylation sites is 1. The van der Waals surface area contributed by atoms with Gasteiger partial charge in [0.2, 0.25) is 0 Å². The van der Waals surface area contributed by atoms with Gasteiger partial charge in [0.25, 0.3) is 5.56 Å². The summed E-state index contributed by atoms with van der Waals surface area (Å²) in [6.45, 7) is 3.20. The van der Waals surface area contributed by atoms with Crippen molar-refractivity contribution in [2.24, 2.45) is 7.05 Å². The van der Waals surface area contributed by atoms with E-state index in [1.807, 2.05) is 0 Å². The molecule has 0 fully saturated rings. The van der Waals surface area contributed by atoms with E-state index in [2.05, 4.69) is 0 Å². The molecule has 0 amide bonds. The average molecular weight is 269 g/mol. The van der Waals surface area contributed by atoms with Crippen LogP contribution in [0.2, 0.25) is 0 Å². The Balaban J connectivity index is 3.09. The van der Waals surface area contributed by atoms with Crippen LogP contribution in [-0.2, 0) is 13.2 Å². The number of benzene rings is 1. The molecule has 0 atom stereocenters. The number of alkyl halides is 3. The second-order valence-electron chi connectivity index (χ2n) is 4.82. The first kappa shape index (κ1) is 13.6. The zero-order valence-electron chi connectivity index (χ0n) is 10.9. The van der Waals surface area contributed by atoms with E-state index in [0.29, 0.717) is 5.52 Å². The molecule has 1 aromatic heterocycles. The molecule has 0 unspecified atom stereocenters. The number of nitrogens with zero attached hydrogens (tertiary/aromatic N) is 1. The highest BCUT2D eigenvalue weighted by atomic mass is 19.4. The van der Waals surface area contributed by atoms with Crippen molar-refractivity contribution < 1.29 is 13.2 Å². The average Bonchev–Trinajstić information content (AvgIpc) is 2.31. The molecule has 19 heavy (non-hydrogen) atoms.